The molecule has 0 aliphatic carbocycles. The van der Waals surface area contributed by atoms with Gasteiger partial charge >= 0.3 is 0 Å². The number of hydrogen-bond acceptors (Lipinski definition) is 7. The summed E-state index contributed by atoms with van der Waals surface area (Å²) in [5.41, 5.74) is 1.15. The highest BCUT2D eigenvalue weighted by atomic mass is 32.2. The van der Waals surface area contributed by atoms with Gasteiger partial charge in [-0.25, -0.2) is 23.1 Å². The lowest BCUT2D eigenvalue weighted by Crippen LogP contribution is -2.30. The first-order valence-corrected chi connectivity index (χ1v) is 10.8. The van der Waals surface area contributed by atoms with Crippen molar-refractivity contribution in [1.82, 2.24) is 14.7 Å². The molecule has 0 bridgehead atoms. The molecule has 1 N–H and O–H groups in total. The molecular weight excluding hydrogens is 384 g/mol. The summed E-state index contributed by atoms with van der Waals surface area (Å²) in [5, 5.41) is 0.564. The molecule has 0 fully saturated rings. The molecule has 27 heavy (non-hydrogen) atoms. The van der Waals surface area contributed by atoms with Crippen LogP contribution in [0.25, 0.3) is 0 Å². The maximum atomic E-state index is 12.2. The van der Waals surface area contributed by atoms with E-state index in [1.165, 1.54) is 11.3 Å². The lowest BCUT2D eigenvalue weighted by molar-refractivity contribution is 0.0977. The maximum Gasteiger partial charge on any atom is 0.284 e. The zero-order chi connectivity index (χ0) is 19.4. The van der Waals surface area contributed by atoms with Crippen molar-refractivity contribution in [3.8, 4) is 0 Å². The molecule has 0 saturated heterocycles. The first-order chi connectivity index (χ1) is 12.8. The molecule has 0 radical (unpaired) electrons. The number of carbonyl (C=O) groups is 1. The lowest BCUT2D eigenvalue weighted by Gasteiger charge is -2.20. The molecule has 0 spiro atoms. The highest BCUT2D eigenvalue weighted by Crippen LogP contribution is 2.32. The second kappa shape index (κ2) is 7.85. The highest BCUT2D eigenvalue weighted by Gasteiger charge is 2.22. The summed E-state index contributed by atoms with van der Waals surface area (Å²) in [4.78, 5) is 23.5. The normalized spacial score (nSPS) is 11.2. The number of carbonyl (C=O) groups excluding carboxylic acids is 1. The van der Waals surface area contributed by atoms with E-state index in [2.05, 4.69) is 9.97 Å². The number of sulfonamides is 1. The largest absolute Gasteiger partial charge is 0.298 e. The molecule has 0 aliphatic rings. The summed E-state index contributed by atoms with van der Waals surface area (Å²) in [7, 11) is -3.66. The van der Waals surface area contributed by atoms with Crippen molar-refractivity contribution in [2.45, 2.75) is 13.5 Å². The Hall–Kier alpha value is -2.78. The van der Waals surface area contributed by atoms with Crippen LogP contribution in [0.15, 0.2) is 54.7 Å². The fourth-order valence-corrected chi connectivity index (χ4v) is 3.80. The average Bonchev–Trinajstić information content (AvgIpc) is 3.01. The summed E-state index contributed by atoms with van der Waals surface area (Å²) < 4.78 is 24.7. The highest BCUT2D eigenvalue weighted by molar-refractivity contribution is 7.89. The van der Waals surface area contributed by atoms with Crippen molar-refractivity contribution in [3.05, 3.63) is 70.9 Å². The van der Waals surface area contributed by atoms with E-state index in [9.17, 15) is 13.2 Å². The average molecular weight is 403 g/mol. The van der Waals surface area contributed by atoms with Gasteiger partial charge in [-0.05, 0) is 24.6 Å². The molecule has 1 amide bonds. The summed E-state index contributed by atoms with van der Waals surface area (Å²) in [5.74, 6) is -0.0524. The molecule has 2 heterocycles. The first-order valence-electron chi connectivity index (χ1n) is 8.05. The van der Waals surface area contributed by atoms with Crippen LogP contribution in [0.1, 0.15) is 20.9 Å². The van der Waals surface area contributed by atoms with Gasteiger partial charge in [0.25, 0.3) is 5.91 Å². The van der Waals surface area contributed by atoms with E-state index in [0.29, 0.717) is 22.4 Å². The minimum atomic E-state index is -3.66. The van der Waals surface area contributed by atoms with E-state index < -0.39 is 15.9 Å². The molecule has 1 aromatic carbocycles. The molecule has 0 aliphatic heterocycles. The third-order valence-electron chi connectivity index (χ3n) is 3.62. The van der Waals surface area contributed by atoms with Crippen LogP contribution in [-0.4, -0.2) is 30.5 Å². The quantitative estimate of drug-likeness (QED) is 0.682. The molecule has 7 nitrogen and oxygen atoms in total. The van der Waals surface area contributed by atoms with Crippen LogP contribution in [0.4, 0.5) is 10.9 Å². The van der Waals surface area contributed by atoms with E-state index in [-0.39, 0.29) is 5.69 Å². The number of nitrogens with one attached hydrogen (secondary N) is 1. The predicted octanol–water partition coefficient (Wildman–Crippen LogP) is 2.87. The van der Waals surface area contributed by atoms with E-state index in [4.69, 9.17) is 0 Å². The van der Waals surface area contributed by atoms with Gasteiger partial charge in [-0.2, -0.15) is 0 Å². The molecule has 0 saturated carbocycles. The second-order valence-electron chi connectivity index (χ2n) is 5.86. The Morgan fingerprint density at radius 3 is 2.48 bits per heavy atom. The van der Waals surface area contributed by atoms with Crippen molar-refractivity contribution >= 4 is 38.2 Å². The van der Waals surface area contributed by atoms with Crippen LogP contribution >= 0.6 is 11.3 Å². The van der Waals surface area contributed by atoms with Gasteiger partial charge in [-0.15, -0.1) is 11.3 Å². The lowest BCUT2D eigenvalue weighted by atomic mass is 10.2. The fourth-order valence-electron chi connectivity index (χ4n) is 2.45. The zero-order valence-electron chi connectivity index (χ0n) is 14.8. The van der Waals surface area contributed by atoms with Crippen molar-refractivity contribution in [2.75, 3.05) is 11.2 Å². The number of rotatable bonds is 6. The Morgan fingerprint density at radius 1 is 1.15 bits per heavy atom. The Bertz CT molecular complexity index is 1030. The smallest absolute Gasteiger partial charge is 0.284 e. The summed E-state index contributed by atoms with van der Waals surface area (Å²) >= 11 is 1.31. The number of amides is 1. The summed E-state index contributed by atoms with van der Waals surface area (Å²) in [6.07, 6.45) is 2.62. The number of anilines is 2. The Kier molecular flexibility index (Phi) is 5.52. The third-order valence-corrected chi connectivity index (χ3v) is 5.17. The van der Waals surface area contributed by atoms with Gasteiger partial charge in [0.05, 0.1) is 12.8 Å². The van der Waals surface area contributed by atoms with Gasteiger partial charge < -0.3 is 0 Å². The molecule has 9 heteroatoms. The molecule has 2 aromatic heterocycles. The van der Waals surface area contributed by atoms with Crippen molar-refractivity contribution in [2.24, 2.45) is 0 Å². The number of thiazole rings is 1. The minimum Gasteiger partial charge on any atom is -0.298 e. The van der Waals surface area contributed by atoms with Crippen LogP contribution in [0, 0.1) is 6.92 Å². The Balaban J connectivity index is 1.98. The zero-order valence-corrected chi connectivity index (χ0v) is 16.4. The van der Waals surface area contributed by atoms with E-state index in [1.54, 1.807) is 13.1 Å². The van der Waals surface area contributed by atoms with E-state index in [1.807, 2.05) is 58.2 Å². The fraction of sp³-hybridized carbons (Fsp3) is 0.167. The monoisotopic (exact) mass is 402 g/mol. The Morgan fingerprint density at radius 2 is 1.85 bits per heavy atom. The third kappa shape index (κ3) is 4.89. The molecule has 0 atom stereocenters. The molecular formula is C18H18N4O3S2. The van der Waals surface area contributed by atoms with Crippen LogP contribution in [0.5, 0.6) is 0 Å². The van der Waals surface area contributed by atoms with Gasteiger partial charge in [-0.1, -0.05) is 36.4 Å². The van der Waals surface area contributed by atoms with Crippen LogP contribution in [0.2, 0.25) is 0 Å². The number of pyridine rings is 1. The van der Waals surface area contributed by atoms with Crippen molar-refractivity contribution in [1.29, 1.82) is 0 Å². The number of benzene rings is 1. The summed E-state index contributed by atoms with van der Waals surface area (Å²) in [6, 6.07) is 15.4. The van der Waals surface area contributed by atoms with Gasteiger partial charge in [-0.3, -0.25) is 9.69 Å². The van der Waals surface area contributed by atoms with Gasteiger partial charge in [0.15, 0.2) is 5.13 Å². The van der Waals surface area contributed by atoms with Crippen molar-refractivity contribution < 1.29 is 13.2 Å². The van der Waals surface area contributed by atoms with Crippen LogP contribution in [-0.2, 0) is 16.6 Å². The number of hydrogen-bond donors (Lipinski definition) is 1. The maximum absolute atomic E-state index is 12.2. The van der Waals surface area contributed by atoms with Crippen LogP contribution in [0.3, 0.4) is 0 Å². The van der Waals surface area contributed by atoms with Gasteiger partial charge in [0.1, 0.15) is 11.5 Å². The van der Waals surface area contributed by atoms with Crippen molar-refractivity contribution in [3.63, 3.8) is 0 Å². The van der Waals surface area contributed by atoms with E-state index in [0.717, 1.165) is 11.8 Å². The standard InChI is InChI=1S/C18H18N4O3S2/c1-13-16(17(23)21-27(2,24)25)20-18(26-13)22(15-10-6-7-11-19-15)12-14-8-4-3-5-9-14/h3-11H,12H2,1-2H3,(H,21,23). The molecule has 140 valence electrons. The minimum absolute atomic E-state index is 0.0921. The molecule has 3 aromatic rings. The summed E-state index contributed by atoms with van der Waals surface area (Å²) in [6.45, 7) is 2.25. The number of aromatic nitrogens is 2. The van der Waals surface area contributed by atoms with Gasteiger partial charge in [0.2, 0.25) is 10.0 Å². The van der Waals surface area contributed by atoms with E-state index >= 15 is 0 Å². The SMILES string of the molecule is Cc1sc(N(Cc2ccccc2)c2ccccn2)nc1C(=O)NS(C)(=O)=O. The topological polar surface area (TPSA) is 92.3 Å². The van der Waals surface area contributed by atoms with Gasteiger partial charge in [0, 0.05) is 11.1 Å². The first kappa shape index (κ1) is 19.0. The predicted molar refractivity (Wildman–Crippen MR) is 106 cm³/mol. The molecule has 3 rings (SSSR count). The number of aryl methyl sites for hydroxylation is 1. The molecule has 0 unspecified atom stereocenters. The van der Waals surface area contributed by atoms with Crippen LogP contribution < -0.4 is 9.62 Å². The number of nitrogens with zero attached hydrogens (tertiary/aromatic N) is 3. The Labute approximate surface area is 161 Å². The second-order valence-corrected chi connectivity index (χ2v) is 8.79.